The van der Waals surface area contributed by atoms with E-state index in [2.05, 4.69) is 16.0 Å². The third kappa shape index (κ3) is 6.73. The van der Waals surface area contributed by atoms with Crippen molar-refractivity contribution in [3.8, 4) is 0 Å². The Hall–Kier alpha value is -2.89. The Morgan fingerprint density at radius 2 is 1.70 bits per heavy atom. The van der Waals surface area contributed by atoms with E-state index in [1.165, 1.54) is 12.1 Å². The monoisotopic (exact) mass is 371 g/mol. The summed E-state index contributed by atoms with van der Waals surface area (Å²) in [6, 6.07) is 10.0. The van der Waals surface area contributed by atoms with Gasteiger partial charge >= 0.3 is 6.03 Å². The molecule has 2 rings (SSSR count). The van der Waals surface area contributed by atoms with Crippen molar-refractivity contribution in [3.63, 3.8) is 0 Å². The van der Waals surface area contributed by atoms with E-state index in [-0.39, 0.29) is 18.3 Å². The molecule has 5 nitrogen and oxygen atoms in total. The summed E-state index contributed by atoms with van der Waals surface area (Å²) in [5, 5.41) is 8.07. The van der Waals surface area contributed by atoms with Crippen LogP contribution in [0.5, 0.6) is 0 Å². The number of urea groups is 1. The third-order valence-electron chi connectivity index (χ3n) is 4.17. The average Bonchev–Trinajstić information content (AvgIpc) is 2.60. The van der Waals surface area contributed by atoms with Crippen molar-refractivity contribution in [2.45, 2.75) is 33.6 Å². The largest absolute Gasteiger partial charge is 0.338 e. The van der Waals surface area contributed by atoms with Gasteiger partial charge in [-0.15, -0.1) is 0 Å². The molecule has 0 atom stereocenters. The highest BCUT2D eigenvalue weighted by Crippen LogP contribution is 2.21. The minimum atomic E-state index is -0.401. The van der Waals surface area contributed by atoms with Gasteiger partial charge in [0.25, 0.3) is 0 Å². The number of hydrogen-bond donors (Lipinski definition) is 3. The maximum atomic E-state index is 13.1. The topological polar surface area (TPSA) is 70.2 Å². The molecule has 0 aliphatic heterocycles. The first-order valence-electron chi connectivity index (χ1n) is 8.99. The molecular formula is C21H26FN3O2. The van der Waals surface area contributed by atoms with Crippen LogP contribution < -0.4 is 16.0 Å². The molecule has 27 heavy (non-hydrogen) atoms. The molecule has 0 aliphatic carbocycles. The van der Waals surface area contributed by atoms with Gasteiger partial charge < -0.3 is 16.0 Å². The van der Waals surface area contributed by atoms with Gasteiger partial charge in [-0.05, 0) is 62.4 Å². The fraction of sp³-hybridized carbons (Fsp3) is 0.333. The minimum absolute atomic E-state index is 0.109. The van der Waals surface area contributed by atoms with E-state index in [0.717, 1.165) is 27.9 Å². The molecule has 0 saturated heterocycles. The number of rotatable bonds is 7. The minimum Gasteiger partial charge on any atom is -0.338 e. The number of anilines is 1. The summed E-state index contributed by atoms with van der Waals surface area (Å²) in [6.45, 7) is 6.22. The molecule has 0 fully saturated rings. The zero-order valence-corrected chi connectivity index (χ0v) is 16.0. The number of carbonyl (C=O) groups excluding carboxylic acids is 2. The first-order chi connectivity index (χ1) is 12.8. The second-order valence-corrected chi connectivity index (χ2v) is 6.66. The lowest BCUT2D eigenvalue weighted by atomic mass is 10.1. The van der Waals surface area contributed by atoms with Crippen LogP contribution in [-0.4, -0.2) is 25.0 Å². The van der Waals surface area contributed by atoms with E-state index in [9.17, 15) is 14.0 Å². The summed E-state index contributed by atoms with van der Waals surface area (Å²) < 4.78 is 13.1. The molecule has 0 aromatic heterocycles. The molecule has 2 aromatic rings. The van der Waals surface area contributed by atoms with Gasteiger partial charge in [-0.25, -0.2) is 9.18 Å². The van der Waals surface area contributed by atoms with Crippen molar-refractivity contribution in [1.82, 2.24) is 10.6 Å². The lowest BCUT2D eigenvalue weighted by molar-refractivity contribution is -0.115. The zero-order chi connectivity index (χ0) is 19.8. The number of amides is 3. The van der Waals surface area contributed by atoms with E-state index < -0.39 is 6.03 Å². The lowest BCUT2D eigenvalue weighted by Crippen LogP contribution is -2.40. The van der Waals surface area contributed by atoms with Crippen molar-refractivity contribution in [2.24, 2.45) is 0 Å². The second kappa shape index (κ2) is 9.71. The standard InChI is InChI=1S/C21H26FN3O2/c1-14-10-15(2)20(16(3)11-14)25-19(26)13-24-21(27)23-9-5-7-17-6-4-8-18(22)12-17/h4,6,8,10-12H,5,7,9,13H2,1-3H3,(H,25,26)(H2,23,24,27). The molecule has 0 heterocycles. The third-order valence-corrected chi connectivity index (χ3v) is 4.17. The summed E-state index contributed by atoms with van der Waals surface area (Å²) in [5.41, 5.74) is 4.78. The highest BCUT2D eigenvalue weighted by atomic mass is 19.1. The van der Waals surface area contributed by atoms with Gasteiger partial charge in [-0.3, -0.25) is 4.79 Å². The van der Waals surface area contributed by atoms with Crippen LogP contribution >= 0.6 is 0 Å². The molecular weight excluding hydrogens is 345 g/mol. The van der Waals surface area contributed by atoms with Gasteiger partial charge in [0, 0.05) is 12.2 Å². The molecule has 0 spiro atoms. The quantitative estimate of drug-likeness (QED) is 0.651. The number of halogens is 1. The first-order valence-corrected chi connectivity index (χ1v) is 8.99. The smallest absolute Gasteiger partial charge is 0.315 e. The number of nitrogens with one attached hydrogen (secondary N) is 3. The van der Waals surface area contributed by atoms with Crippen molar-refractivity contribution in [1.29, 1.82) is 0 Å². The number of hydrogen-bond acceptors (Lipinski definition) is 2. The van der Waals surface area contributed by atoms with E-state index in [0.29, 0.717) is 19.4 Å². The van der Waals surface area contributed by atoms with Crippen LogP contribution in [0, 0.1) is 26.6 Å². The lowest BCUT2D eigenvalue weighted by Gasteiger charge is -2.13. The molecule has 3 N–H and O–H groups in total. The Balaban J connectivity index is 1.68. The molecule has 144 valence electrons. The van der Waals surface area contributed by atoms with Crippen molar-refractivity contribution in [2.75, 3.05) is 18.4 Å². The van der Waals surface area contributed by atoms with E-state index in [4.69, 9.17) is 0 Å². The fourth-order valence-corrected chi connectivity index (χ4v) is 2.97. The van der Waals surface area contributed by atoms with Gasteiger partial charge in [0.05, 0.1) is 6.54 Å². The predicted octanol–water partition coefficient (Wildman–Crippen LogP) is 3.62. The molecule has 6 heteroatoms. The summed E-state index contributed by atoms with van der Waals surface area (Å²) >= 11 is 0. The van der Waals surface area contributed by atoms with Crippen LogP contribution in [0.1, 0.15) is 28.7 Å². The Morgan fingerprint density at radius 1 is 1.00 bits per heavy atom. The Bertz CT molecular complexity index is 798. The Labute approximate surface area is 159 Å². The van der Waals surface area contributed by atoms with Crippen LogP contribution in [0.15, 0.2) is 36.4 Å². The second-order valence-electron chi connectivity index (χ2n) is 6.66. The van der Waals surface area contributed by atoms with Gasteiger partial charge in [-0.2, -0.15) is 0 Å². The van der Waals surface area contributed by atoms with Crippen molar-refractivity contribution in [3.05, 3.63) is 64.5 Å². The zero-order valence-electron chi connectivity index (χ0n) is 16.0. The predicted molar refractivity (Wildman–Crippen MR) is 105 cm³/mol. The maximum absolute atomic E-state index is 13.1. The van der Waals surface area contributed by atoms with Crippen LogP contribution in [0.3, 0.4) is 0 Å². The highest BCUT2D eigenvalue weighted by molar-refractivity contribution is 5.95. The molecule has 2 aromatic carbocycles. The molecule has 0 unspecified atom stereocenters. The number of aryl methyl sites for hydroxylation is 4. The Morgan fingerprint density at radius 3 is 2.37 bits per heavy atom. The summed E-state index contributed by atoms with van der Waals surface area (Å²) in [5.74, 6) is -0.539. The molecule has 0 bridgehead atoms. The molecule has 0 aliphatic rings. The normalized spacial score (nSPS) is 10.4. The van der Waals surface area contributed by atoms with Crippen LogP contribution in [0.25, 0.3) is 0 Å². The molecule has 0 saturated carbocycles. The van der Waals surface area contributed by atoms with Crippen LogP contribution in [-0.2, 0) is 11.2 Å². The van der Waals surface area contributed by atoms with E-state index >= 15 is 0 Å². The summed E-state index contributed by atoms with van der Waals surface area (Å²) in [4.78, 5) is 23.8. The maximum Gasteiger partial charge on any atom is 0.315 e. The van der Waals surface area contributed by atoms with Crippen LogP contribution in [0.2, 0.25) is 0 Å². The first kappa shape index (κ1) is 20.4. The van der Waals surface area contributed by atoms with Crippen molar-refractivity contribution >= 4 is 17.6 Å². The highest BCUT2D eigenvalue weighted by Gasteiger charge is 2.09. The van der Waals surface area contributed by atoms with Gasteiger partial charge in [0.1, 0.15) is 5.82 Å². The summed E-state index contributed by atoms with van der Waals surface area (Å²) in [6.07, 6.45) is 1.36. The van der Waals surface area contributed by atoms with Gasteiger partial charge in [0.15, 0.2) is 0 Å². The fourth-order valence-electron chi connectivity index (χ4n) is 2.97. The van der Waals surface area contributed by atoms with Crippen molar-refractivity contribution < 1.29 is 14.0 Å². The van der Waals surface area contributed by atoms with Gasteiger partial charge in [0.2, 0.25) is 5.91 Å². The number of benzene rings is 2. The van der Waals surface area contributed by atoms with E-state index in [1.54, 1.807) is 6.07 Å². The number of carbonyl (C=O) groups is 2. The van der Waals surface area contributed by atoms with Crippen LogP contribution in [0.4, 0.5) is 14.9 Å². The van der Waals surface area contributed by atoms with E-state index in [1.807, 2.05) is 39.0 Å². The molecule has 3 amide bonds. The summed E-state index contributed by atoms with van der Waals surface area (Å²) in [7, 11) is 0. The molecule has 0 radical (unpaired) electrons. The van der Waals surface area contributed by atoms with Gasteiger partial charge in [-0.1, -0.05) is 29.8 Å². The Kier molecular flexibility index (Phi) is 7.34. The SMILES string of the molecule is Cc1cc(C)c(NC(=O)CNC(=O)NCCCc2cccc(F)c2)c(C)c1. The average molecular weight is 371 g/mol.